The molecular formula is C27H22Br2N2O4. The summed E-state index contributed by atoms with van der Waals surface area (Å²) < 4.78 is 7.68. The Morgan fingerprint density at radius 3 is 2.40 bits per heavy atom. The van der Waals surface area contributed by atoms with Crippen molar-refractivity contribution in [1.29, 1.82) is 0 Å². The van der Waals surface area contributed by atoms with Crippen LogP contribution in [0.25, 0.3) is 6.08 Å². The summed E-state index contributed by atoms with van der Waals surface area (Å²) in [5.74, 6) is -0.782. The zero-order valence-corrected chi connectivity index (χ0v) is 22.3. The topological polar surface area (TPSA) is 75.7 Å². The lowest BCUT2D eigenvalue weighted by atomic mass is 10.0. The molecule has 1 N–H and O–H groups in total. The van der Waals surface area contributed by atoms with Gasteiger partial charge >= 0.3 is 6.03 Å². The predicted molar refractivity (Wildman–Crippen MR) is 142 cm³/mol. The minimum atomic E-state index is -0.772. The van der Waals surface area contributed by atoms with Crippen molar-refractivity contribution in [3.05, 3.63) is 97.4 Å². The molecule has 1 saturated heterocycles. The number of rotatable bonds is 6. The first-order chi connectivity index (χ1) is 16.8. The molecule has 35 heavy (non-hydrogen) atoms. The average molecular weight is 598 g/mol. The largest absolute Gasteiger partial charge is 0.494 e. The molecule has 1 aliphatic rings. The number of benzene rings is 3. The molecule has 3 aromatic carbocycles. The van der Waals surface area contributed by atoms with E-state index >= 15 is 0 Å². The Bertz CT molecular complexity index is 1370. The first kappa shape index (κ1) is 24.9. The molecule has 1 heterocycles. The van der Waals surface area contributed by atoms with Crippen LogP contribution in [0.15, 0.2) is 75.2 Å². The summed E-state index contributed by atoms with van der Waals surface area (Å²) in [6.07, 6.45) is 2.09. The first-order valence-electron chi connectivity index (χ1n) is 11.0. The summed E-state index contributed by atoms with van der Waals surface area (Å²) in [4.78, 5) is 39.4. The van der Waals surface area contributed by atoms with Crippen LogP contribution < -0.4 is 15.0 Å². The number of nitrogens with one attached hydrogen (secondary N) is 1. The molecule has 4 rings (SSSR count). The van der Waals surface area contributed by atoms with E-state index in [0.29, 0.717) is 30.0 Å². The molecule has 4 amide bonds. The van der Waals surface area contributed by atoms with E-state index in [2.05, 4.69) is 37.2 Å². The summed E-state index contributed by atoms with van der Waals surface area (Å²) in [6, 6.07) is 17.8. The van der Waals surface area contributed by atoms with Gasteiger partial charge in [0.2, 0.25) is 0 Å². The number of anilines is 1. The Labute approximate surface area is 220 Å². The highest BCUT2D eigenvalue weighted by Crippen LogP contribution is 2.34. The number of urea groups is 1. The van der Waals surface area contributed by atoms with Crippen LogP contribution >= 0.6 is 31.9 Å². The second-order valence-electron chi connectivity index (χ2n) is 7.92. The van der Waals surface area contributed by atoms with E-state index in [-0.39, 0.29) is 5.57 Å². The number of aryl methyl sites for hydroxylation is 1. The van der Waals surface area contributed by atoms with E-state index in [1.54, 1.807) is 31.2 Å². The maximum absolute atomic E-state index is 13.3. The number of ether oxygens (including phenoxy) is 1. The normalized spacial score (nSPS) is 14.9. The standard InChI is InChI=1S/C27H22Br2N2O4/c1-3-35-24-14-17(13-22(29)19(24)15-18-9-5-6-10-21(18)28)12-20-25(32)30-27(34)31(26(20)33)23-11-7-4-8-16(23)2/h4-14H,3,15H2,1-2H3,(H,30,32,34)/b20-12+. The molecule has 0 spiro atoms. The van der Waals surface area contributed by atoms with Crippen molar-refractivity contribution in [2.24, 2.45) is 0 Å². The van der Waals surface area contributed by atoms with Crippen LogP contribution in [0.3, 0.4) is 0 Å². The van der Waals surface area contributed by atoms with Crippen molar-refractivity contribution in [1.82, 2.24) is 5.32 Å². The lowest BCUT2D eigenvalue weighted by Gasteiger charge is -2.27. The number of para-hydroxylation sites is 1. The van der Waals surface area contributed by atoms with E-state index < -0.39 is 17.8 Å². The molecule has 178 valence electrons. The van der Waals surface area contributed by atoms with Crippen molar-refractivity contribution in [2.45, 2.75) is 20.3 Å². The van der Waals surface area contributed by atoms with E-state index in [0.717, 1.165) is 30.5 Å². The molecule has 8 heteroatoms. The van der Waals surface area contributed by atoms with E-state index in [1.807, 2.05) is 43.3 Å². The van der Waals surface area contributed by atoms with Gasteiger partial charge in [-0.25, -0.2) is 9.69 Å². The smallest absolute Gasteiger partial charge is 0.335 e. The van der Waals surface area contributed by atoms with Crippen LogP contribution in [0, 0.1) is 6.92 Å². The Hall–Kier alpha value is -3.23. The molecule has 0 atom stereocenters. The summed E-state index contributed by atoms with van der Waals surface area (Å²) in [5, 5.41) is 2.27. The van der Waals surface area contributed by atoms with Gasteiger partial charge in [0.05, 0.1) is 12.3 Å². The Balaban J connectivity index is 1.74. The molecule has 1 fully saturated rings. The number of hydrogen-bond acceptors (Lipinski definition) is 4. The molecule has 0 bridgehead atoms. The fourth-order valence-corrected chi connectivity index (χ4v) is 4.88. The van der Waals surface area contributed by atoms with Gasteiger partial charge < -0.3 is 4.74 Å². The van der Waals surface area contributed by atoms with E-state index in [4.69, 9.17) is 4.74 Å². The van der Waals surface area contributed by atoms with E-state index in [9.17, 15) is 14.4 Å². The van der Waals surface area contributed by atoms with Crippen molar-refractivity contribution in [3.63, 3.8) is 0 Å². The third-order valence-corrected chi connectivity index (χ3v) is 7.05. The Kier molecular flexibility index (Phi) is 7.52. The molecule has 0 unspecified atom stereocenters. The van der Waals surface area contributed by atoms with E-state index in [1.165, 1.54) is 6.08 Å². The number of halogens is 2. The van der Waals surface area contributed by atoms with Gasteiger partial charge in [0.15, 0.2) is 0 Å². The third kappa shape index (κ3) is 5.23. The lowest BCUT2D eigenvalue weighted by molar-refractivity contribution is -0.122. The average Bonchev–Trinajstić information content (AvgIpc) is 2.81. The number of imide groups is 2. The molecular weight excluding hydrogens is 576 g/mol. The molecule has 1 aliphatic heterocycles. The van der Waals surface area contributed by atoms with Crippen LogP contribution in [0.5, 0.6) is 5.75 Å². The van der Waals surface area contributed by atoms with Crippen LogP contribution in [-0.2, 0) is 16.0 Å². The van der Waals surface area contributed by atoms with Gasteiger partial charge in [-0.05, 0) is 60.9 Å². The summed E-state index contributed by atoms with van der Waals surface area (Å²) in [7, 11) is 0. The number of amides is 4. The van der Waals surface area contributed by atoms with Gasteiger partial charge in [-0.1, -0.05) is 68.3 Å². The lowest BCUT2D eigenvalue weighted by Crippen LogP contribution is -2.54. The maximum atomic E-state index is 13.3. The highest BCUT2D eigenvalue weighted by Gasteiger charge is 2.37. The molecule has 0 radical (unpaired) electrons. The minimum absolute atomic E-state index is 0.138. The minimum Gasteiger partial charge on any atom is -0.494 e. The van der Waals surface area contributed by atoms with Crippen LogP contribution in [0.2, 0.25) is 0 Å². The summed E-state index contributed by atoms with van der Waals surface area (Å²) in [6.45, 7) is 4.14. The molecule has 0 aromatic heterocycles. The fourth-order valence-electron chi connectivity index (χ4n) is 3.86. The molecule has 0 aliphatic carbocycles. The third-order valence-electron chi connectivity index (χ3n) is 5.57. The van der Waals surface area contributed by atoms with Crippen LogP contribution in [0.4, 0.5) is 10.5 Å². The number of barbiturate groups is 1. The van der Waals surface area contributed by atoms with Crippen LogP contribution in [0.1, 0.15) is 29.2 Å². The highest BCUT2D eigenvalue weighted by molar-refractivity contribution is 9.10. The van der Waals surface area contributed by atoms with Gasteiger partial charge in [-0.15, -0.1) is 0 Å². The Morgan fingerprint density at radius 2 is 1.69 bits per heavy atom. The zero-order valence-electron chi connectivity index (χ0n) is 19.1. The fraction of sp³-hybridized carbons (Fsp3) is 0.148. The monoisotopic (exact) mass is 596 g/mol. The summed E-state index contributed by atoms with van der Waals surface area (Å²) in [5.41, 5.74) is 3.65. The van der Waals surface area contributed by atoms with Crippen molar-refractivity contribution in [3.8, 4) is 5.75 Å². The molecule has 6 nitrogen and oxygen atoms in total. The van der Waals surface area contributed by atoms with Gasteiger partial charge in [0.1, 0.15) is 11.3 Å². The maximum Gasteiger partial charge on any atom is 0.335 e. The zero-order chi connectivity index (χ0) is 25.1. The number of carbonyl (C=O) groups is 3. The highest BCUT2D eigenvalue weighted by atomic mass is 79.9. The predicted octanol–water partition coefficient (Wildman–Crippen LogP) is 6.18. The SMILES string of the molecule is CCOc1cc(/C=C2\C(=O)NC(=O)N(c3ccccc3C)C2=O)cc(Br)c1Cc1ccccc1Br. The quantitative estimate of drug-likeness (QED) is 0.272. The first-order valence-corrected chi connectivity index (χ1v) is 12.5. The van der Waals surface area contributed by atoms with Crippen molar-refractivity contribution in [2.75, 3.05) is 11.5 Å². The second-order valence-corrected chi connectivity index (χ2v) is 9.63. The second kappa shape index (κ2) is 10.6. The number of carbonyl (C=O) groups excluding carboxylic acids is 3. The Morgan fingerprint density at radius 1 is 0.971 bits per heavy atom. The number of hydrogen-bond donors (Lipinski definition) is 1. The van der Waals surface area contributed by atoms with Crippen molar-refractivity contribution >= 4 is 61.5 Å². The van der Waals surface area contributed by atoms with Gasteiger partial charge in [-0.3, -0.25) is 14.9 Å². The molecule has 3 aromatic rings. The van der Waals surface area contributed by atoms with Gasteiger partial charge in [0.25, 0.3) is 11.8 Å². The van der Waals surface area contributed by atoms with Crippen LogP contribution in [-0.4, -0.2) is 24.5 Å². The summed E-state index contributed by atoms with van der Waals surface area (Å²) >= 11 is 7.23. The number of nitrogens with zero attached hydrogens (tertiary/aromatic N) is 1. The van der Waals surface area contributed by atoms with Gasteiger partial charge in [0, 0.05) is 20.9 Å². The van der Waals surface area contributed by atoms with Gasteiger partial charge in [-0.2, -0.15) is 0 Å². The molecule has 0 saturated carbocycles. The van der Waals surface area contributed by atoms with Crippen molar-refractivity contribution < 1.29 is 19.1 Å².